The molecule has 9 heteroatoms. The molecule has 37 heavy (non-hydrogen) atoms. The third-order valence-corrected chi connectivity index (χ3v) is 9.30. The average Bonchev–Trinajstić information content (AvgIpc) is 3.22. The molecule has 5 rings (SSSR count). The van der Waals surface area contributed by atoms with E-state index in [1.165, 1.54) is 11.8 Å². The van der Waals surface area contributed by atoms with Crippen molar-refractivity contribution in [3.8, 4) is 0 Å². The van der Waals surface area contributed by atoms with E-state index in [2.05, 4.69) is 0 Å². The van der Waals surface area contributed by atoms with E-state index in [-0.39, 0.29) is 0 Å². The number of aryl methyl sites for hydroxylation is 1. The molecule has 2 aliphatic carbocycles. The van der Waals surface area contributed by atoms with Crippen molar-refractivity contribution in [2.75, 3.05) is 6.26 Å². The van der Waals surface area contributed by atoms with Crippen LogP contribution in [0.3, 0.4) is 0 Å². The maximum atomic E-state index is 14.3. The Morgan fingerprint density at radius 1 is 0.892 bits per heavy atom. The number of thioether (sulfide) groups is 1. The predicted octanol–water partition coefficient (Wildman–Crippen LogP) is 5.14. The van der Waals surface area contributed by atoms with E-state index in [1.54, 1.807) is 18.4 Å². The molecular formula is C28H32F4O4S. The molecule has 0 unspecified atom stereocenters. The van der Waals surface area contributed by atoms with Crippen molar-refractivity contribution < 1.29 is 37.6 Å². The zero-order chi connectivity index (χ0) is 26.8. The molecule has 2 aromatic rings. The van der Waals surface area contributed by atoms with Gasteiger partial charge >= 0.3 is 0 Å². The van der Waals surface area contributed by atoms with Crippen LogP contribution in [0.25, 0.3) is 0 Å². The van der Waals surface area contributed by atoms with Crippen LogP contribution in [0.15, 0.2) is 42.5 Å². The van der Waals surface area contributed by atoms with Gasteiger partial charge in [-0.05, 0) is 53.3 Å². The van der Waals surface area contributed by atoms with Crippen molar-refractivity contribution in [3.63, 3.8) is 0 Å². The monoisotopic (exact) mass is 540 g/mol. The van der Waals surface area contributed by atoms with Gasteiger partial charge in [-0.3, -0.25) is 0 Å². The number of rotatable bonds is 5. The molecule has 4 nitrogen and oxygen atoms in total. The Hall–Kier alpha value is -1.65. The van der Waals surface area contributed by atoms with Crippen LogP contribution >= 0.6 is 11.8 Å². The zero-order valence-electron chi connectivity index (χ0n) is 20.7. The highest BCUT2D eigenvalue weighted by Crippen LogP contribution is 2.64. The molecule has 0 aromatic heterocycles. The first-order valence-electron chi connectivity index (χ1n) is 12.5. The third kappa shape index (κ3) is 4.93. The van der Waals surface area contributed by atoms with Gasteiger partial charge in [0.25, 0.3) is 0 Å². The first kappa shape index (κ1) is 26.9. The highest BCUT2D eigenvalue weighted by atomic mass is 32.2. The SMILES string of the molecule is CS[C@H]1O[C@@H](c2ccc(C)c(Cc3ccc(C45CC(F)(F)CC4CC(F)(F)C5)cc3)c2)[C@H](O)[C@@H](O)[C@@H]1O. The van der Waals surface area contributed by atoms with Crippen molar-refractivity contribution in [2.45, 2.75) is 86.1 Å². The lowest BCUT2D eigenvalue weighted by Crippen LogP contribution is -2.52. The fraction of sp³-hybridized carbons (Fsp3) is 0.571. The highest BCUT2D eigenvalue weighted by Gasteiger charge is 2.65. The summed E-state index contributed by atoms with van der Waals surface area (Å²) in [7, 11) is 0. The molecular weight excluding hydrogens is 508 g/mol. The summed E-state index contributed by atoms with van der Waals surface area (Å²) in [4.78, 5) is 0. The number of fused-ring (bicyclic) bond motifs is 1. The molecule has 1 heterocycles. The number of ether oxygens (including phenoxy) is 1. The Morgan fingerprint density at radius 2 is 1.51 bits per heavy atom. The Balaban J connectivity index is 1.38. The van der Waals surface area contributed by atoms with Gasteiger partial charge in [0, 0.05) is 31.1 Å². The van der Waals surface area contributed by atoms with Gasteiger partial charge in [-0.2, -0.15) is 0 Å². The summed E-state index contributed by atoms with van der Waals surface area (Å²) in [5.41, 5.74) is 2.16. The summed E-state index contributed by atoms with van der Waals surface area (Å²) < 4.78 is 63.0. The smallest absolute Gasteiger partial charge is 0.249 e. The summed E-state index contributed by atoms with van der Waals surface area (Å²) in [6.07, 6.45) is -4.47. The van der Waals surface area contributed by atoms with Crippen LogP contribution in [0.5, 0.6) is 0 Å². The van der Waals surface area contributed by atoms with E-state index in [0.29, 0.717) is 17.5 Å². The topological polar surface area (TPSA) is 69.9 Å². The van der Waals surface area contributed by atoms with Gasteiger partial charge in [0.15, 0.2) is 0 Å². The summed E-state index contributed by atoms with van der Waals surface area (Å²) in [5, 5.41) is 31.0. The van der Waals surface area contributed by atoms with Gasteiger partial charge in [-0.25, -0.2) is 17.6 Å². The molecule has 0 spiro atoms. The zero-order valence-corrected chi connectivity index (χ0v) is 21.5. The number of benzene rings is 2. The van der Waals surface area contributed by atoms with Crippen LogP contribution in [-0.4, -0.2) is 57.2 Å². The maximum Gasteiger partial charge on any atom is 0.249 e. The maximum absolute atomic E-state index is 14.3. The Kier molecular flexibility index (Phi) is 6.93. The first-order chi connectivity index (χ1) is 17.3. The fourth-order valence-electron chi connectivity index (χ4n) is 6.59. The van der Waals surface area contributed by atoms with Gasteiger partial charge < -0.3 is 20.1 Å². The summed E-state index contributed by atoms with van der Waals surface area (Å²) in [6.45, 7) is 1.94. The lowest BCUT2D eigenvalue weighted by atomic mass is 9.74. The minimum absolute atomic E-state index is 0.492. The lowest BCUT2D eigenvalue weighted by Gasteiger charge is -2.40. The number of aliphatic hydroxyl groups excluding tert-OH is 3. The predicted molar refractivity (Wildman–Crippen MR) is 133 cm³/mol. The molecule has 5 atom stereocenters. The Morgan fingerprint density at radius 3 is 2.11 bits per heavy atom. The van der Waals surface area contributed by atoms with Gasteiger partial charge in [-0.1, -0.05) is 42.5 Å². The van der Waals surface area contributed by atoms with Gasteiger partial charge in [0.05, 0.1) is 0 Å². The number of alkyl halides is 4. The largest absolute Gasteiger partial charge is 0.387 e. The summed E-state index contributed by atoms with van der Waals surface area (Å²) >= 11 is 1.25. The molecule has 3 aliphatic rings. The summed E-state index contributed by atoms with van der Waals surface area (Å²) in [6, 6.07) is 12.7. The molecule has 202 valence electrons. The fourth-order valence-corrected chi connectivity index (χ4v) is 7.26. The Bertz CT molecular complexity index is 1120. The number of hydrogen-bond donors (Lipinski definition) is 3. The van der Waals surface area contributed by atoms with E-state index in [9.17, 15) is 32.9 Å². The quantitative estimate of drug-likeness (QED) is 0.458. The van der Waals surface area contributed by atoms with Crippen LogP contribution in [0.4, 0.5) is 17.6 Å². The van der Waals surface area contributed by atoms with E-state index < -0.39 is 78.7 Å². The molecule has 2 saturated carbocycles. The standard InChI is InChI=1S/C28H32F4O4S/c1-15-3-6-17(24-22(34)21(33)23(35)25(36-24)37-2)10-18(15)9-16-4-7-19(8-5-16)26-13-27(29,30)11-20(26)12-28(31,32)14-26/h3-8,10,20-25,33-35H,9,11-14H2,1-2H3/t20?,21-,22-,23+,24+,25-,26?/m1/s1. The normalized spacial score (nSPS) is 36.5. The van der Waals surface area contributed by atoms with Gasteiger partial charge in [-0.15, -0.1) is 11.8 Å². The molecule has 2 aromatic carbocycles. The lowest BCUT2D eigenvalue weighted by molar-refractivity contribution is -0.200. The van der Waals surface area contributed by atoms with Crippen LogP contribution in [0.2, 0.25) is 0 Å². The van der Waals surface area contributed by atoms with Crippen molar-refractivity contribution in [2.24, 2.45) is 5.92 Å². The van der Waals surface area contributed by atoms with Crippen LogP contribution in [0.1, 0.15) is 59.6 Å². The van der Waals surface area contributed by atoms with E-state index in [4.69, 9.17) is 4.74 Å². The highest BCUT2D eigenvalue weighted by molar-refractivity contribution is 7.99. The molecule has 0 amide bonds. The van der Waals surface area contributed by atoms with Crippen molar-refractivity contribution >= 4 is 11.8 Å². The minimum Gasteiger partial charge on any atom is -0.387 e. The van der Waals surface area contributed by atoms with Crippen LogP contribution < -0.4 is 0 Å². The summed E-state index contributed by atoms with van der Waals surface area (Å²) in [5.74, 6) is -6.59. The van der Waals surface area contributed by atoms with Gasteiger partial charge in [0.1, 0.15) is 29.9 Å². The second-order valence-corrected chi connectivity index (χ2v) is 12.0. The second-order valence-electron chi connectivity index (χ2n) is 11.0. The first-order valence-corrected chi connectivity index (χ1v) is 13.8. The van der Waals surface area contributed by atoms with Crippen molar-refractivity contribution in [1.82, 2.24) is 0 Å². The molecule has 3 N–H and O–H groups in total. The molecule has 1 saturated heterocycles. The Labute approximate surface area is 218 Å². The van der Waals surface area contributed by atoms with E-state index in [1.807, 2.05) is 37.3 Å². The minimum atomic E-state index is -2.93. The number of aliphatic hydroxyl groups is 3. The second kappa shape index (κ2) is 9.52. The van der Waals surface area contributed by atoms with E-state index >= 15 is 0 Å². The molecule has 3 fully saturated rings. The van der Waals surface area contributed by atoms with E-state index in [0.717, 1.165) is 16.7 Å². The molecule has 0 radical (unpaired) electrons. The molecule has 0 bridgehead atoms. The number of halogens is 4. The number of hydrogen-bond acceptors (Lipinski definition) is 5. The molecule has 1 aliphatic heterocycles. The van der Waals surface area contributed by atoms with Crippen LogP contribution in [-0.2, 0) is 16.6 Å². The van der Waals surface area contributed by atoms with Crippen molar-refractivity contribution in [1.29, 1.82) is 0 Å². The third-order valence-electron chi connectivity index (χ3n) is 8.45. The van der Waals surface area contributed by atoms with Crippen LogP contribution in [0, 0.1) is 12.8 Å². The average molecular weight is 541 g/mol. The van der Waals surface area contributed by atoms with Gasteiger partial charge in [0.2, 0.25) is 11.8 Å². The van der Waals surface area contributed by atoms with Crippen molar-refractivity contribution in [3.05, 3.63) is 70.3 Å².